The second-order valence-electron chi connectivity index (χ2n) is 3.00. The zero-order chi connectivity index (χ0) is 10.3. The molecule has 0 aromatic rings. The van der Waals surface area contributed by atoms with Crippen LogP contribution in [0.4, 0.5) is 0 Å². The van der Waals surface area contributed by atoms with Crippen molar-refractivity contribution < 1.29 is 19.8 Å². The van der Waals surface area contributed by atoms with Gasteiger partial charge in [-0.25, -0.2) is 0 Å². The Morgan fingerprint density at radius 1 is 1.46 bits per heavy atom. The Kier molecular flexibility index (Phi) is 5.88. The Balaban J connectivity index is 3.45. The first-order valence-electron chi connectivity index (χ1n) is 4.15. The second-order valence-corrected chi connectivity index (χ2v) is 3.00. The van der Waals surface area contributed by atoms with Crippen molar-refractivity contribution in [3.8, 4) is 0 Å². The van der Waals surface area contributed by atoms with Crippen molar-refractivity contribution >= 4 is 11.9 Å². The summed E-state index contributed by atoms with van der Waals surface area (Å²) in [5.74, 6) is -1.14. The summed E-state index contributed by atoms with van der Waals surface area (Å²) in [5, 5.41) is 19.2. The fourth-order valence-electron chi connectivity index (χ4n) is 0.816. The number of aliphatic carboxylic acids is 1. The number of rotatable bonds is 6. The van der Waals surface area contributed by atoms with Gasteiger partial charge in [0.15, 0.2) is 0 Å². The van der Waals surface area contributed by atoms with Gasteiger partial charge in [-0.3, -0.25) is 9.59 Å². The number of hydrogen-bond acceptors (Lipinski definition) is 3. The molecule has 13 heavy (non-hydrogen) atoms. The van der Waals surface area contributed by atoms with Crippen molar-refractivity contribution in [2.75, 3.05) is 13.2 Å². The predicted molar refractivity (Wildman–Crippen MR) is 46.1 cm³/mol. The maximum atomic E-state index is 10.6. The zero-order valence-electron chi connectivity index (χ0n) is 7.62. The van der Waals surface area contributed by atoms with Crippen molar-refractivity contribution in [2.24, 2.45) is 5.92 Å². The molecule has 0 spiro atoms. The molecule has 0 aliphatic carbocycles. The van der Waals surface area contributed by atoms with Crippen molar-refractivity contribution in [1.29, 1.82) is 0 Å². The molecule has 0 aliphatic rings. The first kappa shape index (κ1) is 11.9. The van der Waals surface area contributed by atoms with Crippen LogP contribution in [-0.2, 0) is 9.59 Å². The molecule has 0 aromatic carbocycles. The van der Waals surface area contributed by atoms with Gasteiger partial charge in [-0.2, -0.15) is 0 Å². The number of carbonyl (C=O) groups is 2. The summed E-state index contributed by atoms with van der Waals surface area (Å²) in [6.07, 6.45) is 0.636. The van der Waals surface area contributed by atoms with E-state index >= 15 is 0 Å². The summed E-state index contributed by atoms with van der Waals surface area (Å²) < 4.78 is 0. The fraction of sp³-hybridized carbons (Fsp3) is 0.750. The lowest BCUT2D eigenvalue weighted by molar-refractivity contribution is -0.137. The molecular formula is C8H15NO4. The molecule has 76 valence electrons. The Morgan fingerprint density at radius 3 is 2.54 bits per heavy atom. The average Bonchev–Trinajstić information content (AvgIpc) is 2.10. The minimum atomic E-state index is -0.833. The molecular weight excluding hydrogens is 174 g/mol. The smallest absolute Gasteiger partial charge is 0.303 e. The first-order chi connectivity index (χ1) is 6.06. The maximum Gasteiger partial charge on any atom is 0.303 e. The van der Waals surface area contributed by atoms with Crippen molar-refractivity contribution in [1.82, 2.24) is 5.32 Å². The molecule has 0 saturated carbocycles. The van der Waals surface area contributed by atoms with Crippen molar-refractivity contribution in [3.63, 3.8) is 0 Å². The van der Waals surface area contributed by atoms with Crippen molar-refractivity contribution in [3.05, 3.63) is 0 Å². The highest BCUT2D eigenvalue weighted by Gasteiger charge is 2.06. The largest absolute Gasteiger partial charge is 0.481 e. The third kappa shape index (κ3) is 7.27. The van der Waals surface area contributed by atoms with E-state index < -0.39 is 18.5 Å². The Morgan fingerprint density at radius 2 is 2.08 bits per heavy atom. The predicted octanol–water partition coefficient (Wildman–Crippen LogP) is -0.404. The van der Waals surface area contributed by atoms with E-state index in [4.69, 9.17) is 10.2 Å². The van der Waals surface area contributed by atoms with E-state index in [9.17, 15) is 9.59 Å². The quantitative estimate of drug-likeness (QED) is 0.530. The molecule has 0 fully saturated rings. The van der Waals surface area contributed by atoms with E-state index in [1.807, 2.05) is 6.92 Å². The lowest BCUT2D eigenvalue weighted by atomic mass is 10.1. The van der Waals surface area contributed by atoms with Crippen LogP contribution in [0, 0.1) is 5.92 Å². The molecule has 5 heteroatoms. The Hall–Kier alpha value is -1.10. The standard InChI is InChI=1S/C8H15NO4/c1-6(2-3-8(12)13)4-9-7(11)5-10/h6,10H,2-5H2,1H3,(H,9,11)(H,12,13). The summed E-state index contributed by atoms with van der Waals surface area (Å²) in [6, 6.07) is 0. The van der Waals surface area contributed by atoms with E-state index in [1.54, 1.807) is 0 Å². The van der Waals surface area contributed by atoms with Gasteiger partial charge in [0, 0.05) is 13.0 Å². The van der Waals surface area contributed by atoms with Crippen LogP contribution < -0.4 is 5.32 Å². The molecule has 0 saturated heterocycles. The van der Waals surface area contributed by atoms with Crippen LogP contribution in [0.15, 0.2) is 0 Å². The van der Waals surface area contributed by atoms with E-state index in [2.05, 4.69) is 5.32 Å². The molecule has 0 aliphatic heterocycles. The van der Waals surface area contributed by atoms with Gasteiger partial charge in [0.25, 0.3) is 0 Å². The topological polar surface area (TPSA) is 86.6 Å². The number of aliphatic hydroxyl groups excluding tert-OH is 1. The third-order valence-corrected chi connectivity index (χ3v) is 1.64. The average molecular weight is 189 g/mol. The number of amides is 1. The van der Waals surface area contributed by atoms with Gasteiger partial charge in [-0.05, 0) is 12.3 Å². The molecule has 1 atom stereocenters. The van der Waals surface area contributed by atoms with Crippen LogP contribution in [-0.4, -0.2) is 35.2 Å². The monoisotopic (exact) mass is 189 g/mol. The van der Waals surface area contributed by atoms with E-state index in [-0.39, 0.29) is 12.3 Å². The Bertz CT molecular complexity index is 181. The van der Waals surface area contributed by atoms with Gasteiger partial charge in [0.1, 0.15) is 6.61 Å². The van der Waals surface area contributed by atoms with Gasteiger partial charge in [0.2, 0.25) is 5.91 Å². The van der Waals surface area contributed by atoms with Gasteiger partial charge < -0.3 is 15.5 Å². The molecule has 1 amide bonds. The van der Waals surface area contributed by atoms with Crippen LogP contribution in [0.25, 0.3) is 0 Å². The highest BCUT2D eigenvalue weighted by atomic mass is 16.4. The van der Waals surface area contributed by atoms with Crippen LogP contribution in [0.3, 0.4) is 0 Å². The Labute approximate surface area is 76.8 Å². The maximum absolute atomic E-state index is 10.6. The van der Waals surface area contributed by atoms with Crippen LogP contribution >= 0.6 is 0 Å². The number of carboxylic acids is 1. The van der Waals surface area contributed by atoms with Crippen molar-refractivity contribution in [2.45, 2.75) is 19.8 Å². The summed E-state index contributed by atoms with van der Waals surface area (Å²) >= 11 is 0. The number of carbonyl (C=O) groups excluding carboxylic acids is 1. The van der Waals surface area contributed by atoms with Gasteiger partial charge in [0.05, 0.1) is 0 Å². The third-order valence-electron chi connectivity index (χ3n) is 1.64. The number of carboxylic acid groups (broad SMARTS) is 1. The molecule has 0 heterocycles. The molecule has 1 unspecified atom stereocenters. The van der Waals surface area contributed by atoms with E-state index in [0.29, 0.717) is 13.0 Å². The molecule has 0 aromatic heterocycles. The molecule has 0 radical (unpaired) electrons. The van der Waals surface area contributed by atoms with Gasteiger partial charge in [-0.15, -0.1) is 0 Å². The van der Waals surface area contributed by atoms with Crippen LogP contribution in [0.2, 0.25) is 0 Å². The number of hydrogen-bond donors (Lipinski definition) is 3. The molecule has 3 N–H and O–H groups in total. The summed E-state index contributed by atoms with van der Waals surface area (Å²) in [4.78, 5) is 20.7. The molecule has 5 nitrogen and oxygen atoms in total. The van der Waals surface area contributed by atoms with Crippen LogP contribution in [0.1, 0.15) is 19.8 Å². The van der Waals surface area contributed by atoms with Gasteiger partial charge >= 0.3 is 5.97 Å². The number of aliphatic hydroxyl groups is 1. The second kappa shape index (κ2) is 6.42. The summed E-state index contributed by atoms with van der Waals surface area (Å²) in [7, 11) is 0. The highest BCUT2D eigenvalue weighted by molar-refractivity contribution is 5.76. The minimum absolute atomic E-state index is 0.107. The van der Waals surface area contributed by atoms with Crippen LogP contribution in [0.5, 0.6) is 0 Å². The van der Waals surface area contributed by atoms with E-state index in [0.717, 1.165) is 0 Å². The summed E-state index contributed by atoms with van der Waals surface area (Å²) in [5.41, 5.74) is 0. The normalized spacial score (nSPS) is 12.2. The fourth-order valence-corrected chi connectivity index (χ4v) is 0.816. The SMILES string of the molecule is CC(CCC(=O)O)CNC(=O)CO. The molecule has 0 rings (SSSR count). The van der Waals surface area contributed by atoms with Gasteiger partial charge in [-0.1, -0.05) is 6.92 Å². The molecule has 0 bridgehead atoms. The highest BCUT2D eigenvalue weighted by Crippen LogP contribution is 2.03. The lowest BCUT2D eigenvalue weighted by Crippen LogP contribution is -2.30. The number of nitrogens with one attached hydrogen (secondary N) is 1. The minimum Gasteiger partial charge on any atom is -0.481 e. The van der Waals surface area contributed by atoms with E-state index in [1.165, 1.54) is 0 Å². The zero-order valence-corrected chi connectivity index (χ0v) is 7.62. The summed E-state index contributed by atoms with van der Waals surface area (Å²) in [6.45, 7) is 1.74. The lowest BCUT2D eigenvalue weighted by Gasteiger charge is -2.10. The first-order valence-corrected chi connectivity index (χ1v) is 4.15.